The van der Waals surface area contributed by atoms with Crippen LogP contribution in [0.5, 0.6) is 0 Å². The highest BCUT2D eigenvalue weighted by Gasteiger charge is 2.37. The van der Waals surface area contributed by atoms with Crippen LogP contribution in [0.1, 0.15) is 25.5 Å². The number of aromatic nitrogens is 2. The number of carbonyl (C=O) groups excluding carboxylic acids is 2. The summed E-state index contributed by atoms with van der Waals surface area (Å²) in [6.45, 7) is 2.60. The molecule has 1 saturated carbocycles. The maximum atomic E-state index is 12.1. The van der Waals surface area contributed by atoms with Gasteiger partial charge < -0.3 is 20.5 Å². The summed E-state index contributed by atoms with van der Waals surface area (Å²) in [5, 5.41) is 22.1. The fourth-order valence-electron chi connectivity index (χ4n) is 2.54. The number of hydrogen-bond acceptors (Lipinski definition) is 5. The molecule has 22 heavy (non-hydrogen) atoms. The van der Waals surface area contributed by atoms with Gasteiger partial charge in [-0.05, 0) is 25.8 Å². The first kappa shape index (κ1) is 16.4. The van der Waals surface area contributed by atoms with Crippen molar-refractivity contribution in [1.29, 1.82) is 0 Å². The molecule has 2 amide bonds. The Labute approximate surface area is 128 Å². The molecule has 1 fully saturated rings. The third-order valence-electron chi connectivity index (χ3n) is 3.69. The van der Waals surface area contributed by atoms with Crippen molar-refractivity contribution in [1.82, 2.24) is 20.8 Å². The quantitative estimate of drug-likeness (QED) is 0.532. The third kappa shape index (κ3) is 4.54. The first-order valence-corrected chi connectivity index (χ1v) is 7.41. The summed E-state index contributed by atoms with van der Waals surface area (Å²) < 4.78 is 5.01. The molecule has 0 aliphatic heterocycles. The van der Waals surface area contributed by atoms with E-state index in [9.17, 15) is 14.7 Å². The Balaban J connectivity index is 1.76. The van der Waals surface area contributed by atoms with Crippen molar-refractivity contribution in [3.05, 3.63) is 18.0 Å². The zero-order valence-corrected chi connectivity index (χ0v) is 12.5. The van der Waals surface area contributed by atoms with Crippen molar-refractivity contribution in [2.24, 2.45) is 5.92 Å². The highest BCUT2D eigenvalue weighted by atomic mass is 16.5. The smallest absolute Gasteiger partial charge is 0.246 e. The normalized spacial score (nSPS) is 24.2. The second-order valence-electron chi connectivity index (χ2n) is 5.35. The summed E-state index contributed by atoms with van der Waals surface area (Å²) >= 11 is 0. The zero-order chi connectivity index (χ0) is 15.9. The van der Waals surface area contributed by atoms with Gasteiger partial charge in [-0.15, -0.1) is 0 Å². The molecular formula is C14H22N4O4. The molecule has 2 rings (SSSR count). The minimum atomic E-state index is -0.714. The Morgan fingerprint density at radius 2 is 2.32 bits per heavy atom. The number of aromatic amines is 1. The van der Waals surface area contributed by atoms with E-state index in [-0.39, 0.29) is 24.3 Å². The van der Waals surface area contributed by atoms with Crippen LogP contribution in [0.25, 0.3) is 0 Å². The number of nitrogens with one attached hydrogen (secondary N) is 3. The number of carbonyl (C=O) groups is 2. The second-order valence-corrected chi connectivity index (χ2v) is 5.35. The maximum Gasteiger partial charge on any atom is 0.246 e. The monoisotopic (exact) mass is 310 g/mol. The molecule has 0 saturated heterocycles. The molecule has 1 aliphatic rings. The lowest BCUT2D eigenvalue weighted by Crippen LogP contribution is -2.41. The van der Waals surface area contributed by atoms with Crippen molar-refractivity contribution < 1.29 is 19.4 Å². The number of aliphatic hydroxyl groups excluding tert-OH is 1. The molecule has 8 nitrogen and oxygen atoms in total. The van der Waals surface area contributed by atoms with Crippen LogP contribution in [0.4, 0.5) is 0 Å². The Morgan fingerprint density at radius 1 is 1.50 bits per heavy atom. The molecule has 0 unspecified atom stereocenters. The van der Waals surface area contributed by atoms with E-state index in [4.69, 9.17) is 4.74 Å². The van der Waals surface area contributed by atoms with Gasteiger partial charge in [0.05, 0.1) is 24.4 Å². The number of H-pyrrole nitrogens is 1. The number of ether oxygens (including phenoxy) is 1. The van der Waals surface area contributed by atoms with Crippen LogP contribution in [0, 0.1) is 5.92 Å². The summed E-state index contributed by atoms with van der Waals surface area (Å²) in [5.41, 5.74) is 0.813. The van der Waals surface area contributed by atoms with E-state index in [0.29, 0.717) is 26.0 Å². The van der Waals surface area contributed by atoms with Gasteiger partial charge in [0.25, 0.3) is 0 Å². The van der Waals surface area contributed by atoms with E-state index in [2.05, 4.69) is 20.8 Å². The first-order valence-electron chi connectivity index (χ1n) is 7.41. The number of aliphatic hydroxyl groups is 1. The lowest BCUT2D eigenvalue weighted by Gasteiger charge is -2.16. The molecule has 8 heteroatoms. The van der Waals surface area contributed by atoms with Crippen LogP contribution in [-0.2, 0) is 20.9 Å². The fraction of sp³-hybridized carbons (Fsp3) is 0.643. The van der Waals surface area contributed by atoms with Gasteiger partial charge in [-0.25, -0.2) is 0 Å². The van der Waals surface area contributed by atoms with Gasteiger partial charge in [-0.1, -0.05) is 0 Å². The van der Waals surface area contributed by atoms with E-state index in [1.807, 2.05) is 0 Å². The van der Waals surface area contributed by atoms with Crippen molar-refractivity contribution in [3.63, 3.8) is 0 Å². The van der Waals surface area contributed by atoms with Crippen LogP contribution in [0.2, 0.25) is 0 Å². The number of rotatable bonds is 7. The van der Waals surface area contributed by atoms with Gasteiger partial charge in [-0.3, -0.25) is 14.7 Å². The van der Waals surface area contributed by atoms with E-state index in [1.54, 1.807) is 19.2 Å². The topological polar surface area (TPSA) is 116 Å². The summed E-state index contributed by atoms with van der Waals surface area (Å²) in [6, 6.07) is 1.37. The van der Waals surface area contributed by atoms with E-state index in [0.717, 1.165) is 5.69 Å². The van der Waals surface area contributed by atoms with Gasteiger partial charge >= 0.3 is 0 Å². The van der Waals surface area contributed by atoms with Crippen LogP contribution in [0.3, 0.4) is 0 Å². The standard InChI is InChI=1S/C14H22N4O4/c1-2-22-8-13(20)17-11-5-9(6-12(11)19)14(21)15-7-10-3-4-16-18-10/h3-4,9,11-12,19H,2,5-8H2,1H3,(H,15,21)(H,16,18)(H,17,20)/t9-,11+,12+/m0/s1. The Kier molecular flexibility index (Phi) is 5.91. The molecule has 122 valence electrons. The minimum absolute atomic E-state index is 0.0313. The maximum absolute atomic E-state index is 12.1. The third-order valence-corrected chi connectivity index (χ3v) is 3.69. The highest BCUT2D eigenvalue weighted by molar-refractivity contribution is 5.80. The summed E-state index contributed by atoms with van der Waals surface area (Å²) in [5.74, 6) is -0.713. The lowest BCUT2D eigenvalue weighted by atomic mass is 10.1. The molecule has 0 bridgehead atoms. The Hall–Kier alpha value is -1.93. The first-order chi connectivity index (χ1) is 10.6. The molecule has 1 aromatic heterocycles. The van der Waals surface area contributed by atoms with E-state index in [1.165, 1.54) is 0 Å². The largest absolute Gasteiger partial charge is 0.391 e. The Bertz CT molecular complexity index is 491. The van der Waals surface area contributed by atoms with Crippen molar-refractivity contribution in [3.8, 4) is 0 Å². The molecule has 0 radical (unpaired) electrons. The van der Waals surface area contributed by atoms with Crippen molar-refractivity contribution in [2.75, 3.05) is 13.2 Å². The predicted molar refractivity (Wildman–Crippen MR) is 77.6 cm³/mol. The van der Waals surface area contributed by atoms with Crippen molar-refractivity contribution >= 4 is 11.8 Å². The number of amides is 2. The summed E-state index contributed by atoms with van der Waals surface area (Å²) in [6.07, 6.45) is 1.67. The van der Waals surface area contributed by atoms with Gasteiger partial charge in [-0.2, -0.15) is 5.10 Å². The minimum Gasteiger partial charge on any atom is -0.391 e. The lowest BCUT2D eigenvalue weighted by molar-refractivity contribution is -0.127. The van der Waals surface area contributed by atoms with E-state index < -0.39 is 12.1 Å². The molecule has 1 heterocycles. The summed E-state index contributed by atoms with van der Waals surface area (Å²) in [7, 11) is 0. The molecule has 0 spiro atoms. The van der Waals surface area contributed by atoms with Gasteiger partial charge in [0.15, 0.2) is 0 Å². The van der Waals surface area contributed by atoms with Gasteiger partial charge in [0.2, 0.25) is 11.8 Å². The molecule has 1 aromatic rings. The van der Waals surface area contributed by atoms with Crippen LogP contribution < -0.4 is 10.6 Å². The molecular weight excluding hydrogens is 288 g/mol. The molecule has 4 N–H and O–H groups in total. The van der Waals surface area contributed by atoms with Crippen LogP contribution in [0.15, 0.2) is 12.3 Å². The van der Waals surface area contributed by atoms with Crippen LogP contribution in [-0.4, -0.2) is 52.5 Å². The van der Waals surface area contributed by atoms with Gasteiger partial charge in [0.1, 0.15) is 6.61 Å². The van der Waals surface area contributed by atoms with Crippen LogP contribution >= 0.6 is 0 Å². The SMILES string of the molecule is CCOCC(=O)N[C@@H]1C[C@H](C(=O)NCc2ccn[nH]2)C[C@H]1O. The average molecular weight is 310 g/mol. The van der Waals surface area contributed by atoms with Crippen molar-refractivity contribution in [2.45, 2.75) is 38.5 Å². The molecule has 3 atom stereocenters. The zero-order valence-electron chi connectivity index (χ0n) is 12.5. The molecule has 1 aliphatic carbocycles. The second kappa shape index (κ2) is 7.90. The highest BCUT2D eigenvalue weighted by Crippen LogP contribution is 2.26. The fourth-order valence-corrected chi connectivity index (χ4v) is 2.54. The van der Waals surface area contributed by atoms with Gasteiger partial charge in [0, 0.05) is 18.7 Å². The van der Waals surface area contributed by atoms with E-state index >= 15 is 0 Å². The number of nitrogens with zero attached hydrogens (tertiary/aromatic N) is 1. The molecule has 0 aromatic carbocycles. The number of hydrogen-bond donors (Lipinski definition) is 4. The average Bonchev–Trinajstić information content (AvgIpc) is 3.13. The predicted octanol–water partition coefficient (Wildman–Crippen LogP) is -0.682. The summed E-state index contributed by atoms with van der Waals surface area (Å²) in [4.78, 5) is 23.7. The Morgan fingerprint density at radius 3 is 3.00 bits per heavy atom.